The predicted molar refractivity (Wildman–Crippen MR) is 81.8 cm³/mol. The van der Waals surface area contributed by atoms with Crippen LogP contribution in [-0.4, -0.2) is 30.6 Å². The SMILES string of the molecule is S=C(NCC1CCCO1)NN=Cc1ccc(Cl)cc1. The van der Waals surface area contributed by atoms with Crippen molar-refractivity contribution in [3.63, 3.8) is 0 Å². The van der Waals surface area contributed by atoms with E-state index in [9.17, 15) is 0 Å². The molecule has 19 heavy (non-hydrogen) atoms. The number of hydrogen-bond acceptors (Lipinski definition) is 3. The van der Waals surface area contributed by atoms with Crippen LogP contribution in [0.2, 0.25) is 5.02 Å². The van der Waals surface area contributed by atoms with E-state index in [0.717, 1.165) is 31.6 Å². The molecule has 0 bridgehead atoms. The summed E-state index contributed by atoms with van der Waals surface area (Å²) in [5.41, 5.74) is 3.73. The number of nitrogens with one attached hydrogen (secondary N) is 2. The van der Waals surface area contributed by atoms with E-state index in [1.165, 1.54) is 0 Å². The molecule has 2 rings (SSSR count). The van der Waals surface area contributed by atoms with Crippen LogP contribution in [0.5, 0.6) is 0 Å². The Labute approximate surface area is 123 Å². The van der Waals surface area contributed by atoms with Gasteiger partial charge in [0.1, 0.15) is 0 Å². The van der Waals surface area contributed by atoms with Crippen LogP contribution in [0.15, 0.2) is 29.4 Å². The lowest BCUT2D eigenvalue weighted by molar-refractivity contribution is 0.114. The smallest absolute Gasteiger partial charge is 0.187 e. The molecule has 0 amide bonds. The van der Waals surface area contributed by atoms with Crippen LogP contribution in [0, 0.1) is 0 Å². The largest absolute Gasteiger partial charge is 0.376 e. The number of rotatable bonds is 4. The van der Waals surface area contributed by atoms with Gasteiger partial charge in [0.25, 0.3) is 0 Å². The molecule has 1 fully saturated rings. The molecule has 4 nitrogen and oxygen atoms in total. The molecular formula is C13H16ClN3OS. The molecule has 1 unspecified atom stereocenters. The minimum Gasteiger partial charge on any atom is -0.376 e. The van der Waals surface area contributed by atoms with E-state index in [1.54, 1.807) is 6.21 Å². The number of hydrogen-bond donors (Lipinski definition) is 2. The molecule has 1 aromatic rings. The van der Waals surface area contributed by atoms with Gasteiger partial charge in [-0.05, 0) is 42.8 Å². The van der Waals surface area contributed by atoms with Gasteiger partial charge in [-0.3, -0.25) is 5.43 Å². The second-order valence-electron chi connectivity index (χ2n) is 4.27. The third-order valence-corrected chi connectivity index (χ3v) is 3.25. The molecule has 0 spiro atoms. The van der Waals surface area contributed by atoms with Gasteiger partial charge in [-0.1, -0.05) is 23.7 Å². The van der Waals surface area contributed by atoms with Gasteiger partial charge >= 0.3 is 0 Å². The quantitative estimate of drug-likeness (QED) is 0.509. The first-order valence-electron chi connectivity index (χ1n) is 6.18. The van der Waals surface area contributed by atoms with Crippen molar-refractivity contribution in [3.05, 3.63) is 34.9 Å². The Balaban J connectivity index is 1.69. The lowest BCUT2D eigenvalue weighted by Crippen LogP contribution is -2.37. The van der Waals surface area contributed by atoms with Crippen LogP contribution < -0.4 is 10.7 Å². The highest BCUT2D eigenvalue weighted by Gasteiger charge is 2.14. The Kier molecular flexibility index (Phi) is 5.57. The third-order valence-electron chi connectivity index (χ3n) is 2.76. The topological polar surface area (TPSA) is 45.6 Å². The number of ether oxygens (including phenoxy) is 1. The first-order valence-corrected chi connectivity index (χ1v) is 6.97. The zero-order valence-electron chi connectivity index (χ0n) is 10.4. The Morgan fingerprint density at radius 3 is 2.95 bits per heavy atom. The summed E-state index contributed by atoms with van der Waals surface area (Å²) in [5, 5.41) is 8.34. The summed E-state index contributed by atoms with van der Waals surface area (Å²) in [7, 11) is 0. The van der Waals surface area contributed by atoms with Crippen LogP contribution in [0.4, 0.5) is 0 Å². The molecule has 102 valence electrons. The molecule has 0 radical (unpaired) electrons. The highest BCUT2D eigenvalue weighted by atomic mass is 35.5. The van der Waals surface area contributed by atoms with E-state index < -0.39 is 0 Å². The second kappa shape index (κ2) is 7.43. The molecule has 1 aromatic carbocycles. The number of benzene rings is 1. The minimum absolute atomic E-state index is 0.264. The average molecular weight is 298 g/mol. The maximum absolute atomic E-state index is 5.80. The van der Waals surface area contributed by atoms with Gasteiger partial charge in [-0.15, -0.1) is 0 Å². The van der Waals surface area contributed by atoms with Crippen molar-refractivity contribution in [1.29, 1.82) is 0 Å². The fourth-order valence-electron chi connectivity index (χ4n) is 1.77. The Hall–Kier alpha value is -1.17. The second-order valence-corrected chi connectivity index (χ2v) is 5.11. The lowest BCUT2D eigenvalue weighted by atomic mass is 10.2. The molecule has 0 aliphatic carbocycles. The number of nitrogens with zero attached hydrogens (tertiary/aromatic N) is 1. The van der Waals surface area contributed by atoms with Crippen LogP contribution in [0.3, 0.4) is 0 Å². The molecule has 1 heterocycles. The first kappa shape index (κ1) is 14.2. The fraction of sp³-hybridized carbons (Fsp3) is 0.385. The highest BCUT2D eigenvalue weighted by Crippen LogP contribution is 2.10. The molecule has 0 saturated carbocycles. The van der Waals surface area contributed by atoms with E-state index in [2.05, 4.69) is 15.8 Å². The van der Waals surface area contributed by atoms with Gasteiger partial charge in [0, 0.05) is 18.2 Å². The van der Waals surface area contributed by atoms with E-state index in [4.69, 9.17) is 28.6 Å². The summed E-state index contributed by atoms with van der Waals surface area (Å²) in [4.78, 5) is 0. The molecule has 0 aromatic heterocycles. The zero-order chi connectivity index (χ0) is 13.5. The molecule has 1 saturated heterocycles. The van der Waals surface area contributed by atoms with Crippen LogP contribution in [0.25, 0.3) is 0 Å². The van der Waals surface area contributed by atoms with Gasteiger partial charge in [0.15, 0.2) is 5.11 Å². The average Bonchev–Trinajstić information content (AvgIpc) is 2.92. The highest BCUT2D eigenvalue weighted by molar-refractivity contribution is 7.80. The lowest BCUT2D eigenvalue weighted by Gasteiger charge is -2.11. The van der Waals surface area contributed by atoms with Gasteiger partial charge in [0.05, 0.1) is 12.3 Å². The number of thiocarbonyl (C=S) groups is 1. The van der Waals surface area contributed by atoms with Crippen molar-refractivity contribution in [2.75, 3.05) is 13.2 Å². The van der Waals surface area contributed by atoms with Crippen LogP contribution >= 0.6 is 23.8 Å². The van der Waals surface area contributed by atoms with Crippen molar-refractivity contribution < 1.29 is 4.74 Å². The summed E-state index contributed by atoms with van der Waals surface area (Å²) in [5.74, 6) is 0. The van der Waals surface area contributed by atoms with Crippen LogP contribution in [0.1, 0.15) is 18.4 Å². The third kappa shape index (κ3) is 5.14. The summed E-state index contributed by atoms with van der Waals surface area (Å²) < 4.78 is 5.49. The van der Waals surface area contributed by atoms with Crippen molar-refractivity contribution in [3.8, 4) is 0 Å². The fourth-order valence-corrected chi connectivity index (χ4v) is 2.03. The summed E-state index contributed by atoms with van der Waals surface area (Å²) in [6.07, 6.45) is 4.17. The molecule has 6 heteroatoms. The van der Waals surface area contributed by atoms with Crippen molar-refractivity contribution in [1.82, 2.24) is 10.7 Å². The molecule has 2 N–H and O–H groups in total. The van der Waals surface area contributed by atoms with Gasteiger partial charge < -0.3 is 10.1 Å². The van der Waals surface area contributed by atoms with Crippen molar-refractivity contribution in [2.24, 2.45) is 5.10 Å². The Morgan fingerprint density at radius 1 is 1.47 bits per heavy atom. The van der Waals surface area contributed by atoms with Crippen molar-refractivity contribution >= 4 is 35.1 Å². The van der Waals surface area contributed by atoms with Gasteiger partial charge in [-0.25, -0.2) is 0 Å². The predicted octanol–water partition coefficient (Wildman–Crippen LogP) is 2.32. The monoisotopic (exact) mass is 297 g/mol. The summed E-state index contributed by atoms with van der Waals surface area (Å²) in [6.45, 7) is 1.57. The molecule has 1 atom stereocenters. The normalized spacial score (nSPS) is 18.7. The van der Waals surface area contributed by atoms with E-state index in [0.29, 0.717) is 10.1 Å². The first-order chi connectivity index (χ1) is 9.24. The van der Waals surface area contributed by atoms with E-state index in [1.807, 2.05) is 24.3 Å². The minimum atomic E-state index is 0.264. The van der Waals surface area contributed by atoms with E-state index >= 15 is 0 Å². The van der Waals surface area contributed by atoms with Gasteiger partial charge in [-0.2, -0.15) is 5.10 Å². The summed E-state index contributed by atoms with van der Waals surface area (Å²) >= 11 is 10.9. The van der Waals surface area contributed by atoms with Gasteiger partial charge in [0.2, 0.25) is 0 Å². The standard InChI is InChI=1S/C13H16ClN3OS/c14-11-5-3-10(4-6-11)8-16-17-13(19)15-9-12-2-1-7-18-12/h3-6,8,12H,1-2,7,9H2,(H2,15,17,19). The summed E-state index contributed by atoms with van der Waals surface area (Å²) in [6, 6.07) is 7.40. The maximum Gasteiger partial charge on any atom is 0.187 e. The zero-order valence-corrected chi connectivity index (χ0v) is 12.0. The molecule has 1 aliphatic rings. The number of halogens is 1. The Bertz CT molecular complexity index is 444. The van der Waals surface area contributed by atoms with Crippen molar-refractivity contribution in [2.45, 2.75) is 18.9 Å². The van der Waals surface area contributed by atoms with E-state index in [-0.39, 0.29) is 6.10 Å². The number of hydrazone groups is 1. The maximum atomic E-state index is 5.80. The Morgan fingerprint density at radius 2 is 2.26 bits per heavy atom. The van der Waals surface area contributed by atoms with Crippen LogP contribution in [-0.2, 0) is 4.74 Å². The molecular weight excluding hydrogens is 282 g/mol. The molecule has 1 aliphatic heterocycles.